The first-order valence-corrected chi connectivity index (χ1v) is 17.2. The molecule has 1 amide bonds. The van der Waals surface area contributed by atoms with Crippen LogP contribution in [0.3, 0.4) is 0 Å². The maximum absolute atomic E-state index is 17.1. The molecule has 5 aliphatic rings. The van der Waals surface area contributed by atoms with Gasteiger partial charge in [-0.15, -0.1) is 0 Å². The molecule has 0 spiro atoms. The summed E-state index contributed by atoms with van der Waals surface area (Å²) >= 11 is 0. The molecule has 3 N–H and O–H groups in total. The number of rotatable bonds is 4. The van der Waals surface area contributed by atoms with Crippen LogP contribution in [0.15, 0.2) is 59.9 Å². The summed E-state index contributed by atoms with van der Waals surface area (Å²) in [5.74, 6) is -0.0869. The van der Waals surface area contributed by atoms with Crippen molar-refractivity contribution in [3.63, 3.8) is 0 Å². The van der Waals surface area contributed by atoms with Gasteiger partial charge in [-0.05, 0) is 80.2 Å². The number of hydrogen-bond acceptors (Lipinski definition) is 10. The molecule has 1 unspecified atom stereocenters. The summed E-state index contributed by atoms with van der Waals surface area (Å²) in [6, 6.07) is 11.6. The van der Waals surface area contributed by atoms with Crippen LogP contribution in [0.4, 0.5) is 19.4 Å². The molecule has 0 aliphatic carbocycles. The van der Waals surface area contributed by atoms with Crippen molar-refractivity contribution in [3.8, 4) is 17.3 Å². The number of anilines is 1. The Balaban J connectivity index is 0.00000193. The monoisotopic (exact) mass is 684 g/mol. The number of alkyl carbamates (subject to hydrolysis) is 1. The molecule has 2 aromatic carbocycles. The van der Waals surface area contributed by atoms with Crippen LogP contribution in [-0.2, 0) is 11.2 Å². The van der Waals surface area contributed by atoms with Gasteiger partial charge in [-0.3, -0.25) is 19.3 Å². The lowest BCUT2D eigenvalue weighted by Crippen LogP contribution is -2.45. The Bertz CT molecular complexity index is 1940. The average Bonchev–Trinajstić information content (AvgIpc) is 3.66. The fraction of sp³-hybridized carbons (Fsp3) is 0.432. The number of aryl methyl sites for hydroxylation is 1. The van der Waals surface area contributed by atoms with Crippen molar-refractivity contribution >= 4 is 39.3 Å². The molecule has 2 fully saturated rings. The van der Waals surface area contributed by atoms with E-state index in [1.165, 1.54) is 6.20 Å². The number of nitrogens with one attached hydrogen (secondary N) is 1. The second-order valence-electron chi connectivity index (χ2n) is 13.2. The number of nitrogens with zero attached hydrogens (tertiary/aromatic N) is 6. The quantitative estimate of drug-likeness (QED) is 0.292. The van der Waals surface area contributed by atoms with E-state index in [4.69, 9.17) is 35.2 Å². The van der Waals surface area contributed by atoms with Crippen LogP contribution >= 0.6 is 0 Å². The summed E-state index contributed by atoms with van der Waals surface area (Å²) in [6.45, 7) is 3.75. The van der Waals surface area contributed by atoms with Gasteiger partial charge in [0, 0.05) is 18.3 Å². The van der Waals surface area contributed by atoms with Gasteiger partial charge in [0.2, 0.25) is 0 Å². The predicted octanol–water partition coefficient (Wildman–Crippen LogP) is 5.35. The third-order valence-electron chi connectivity index (χ3n) is 10.2. The van der Waals surface area contributed by atoms with Crippen molar-refractivity contribution < 1.29 is 23.0 Å². The van der Waals surface area contributed by atoms with E-state index in [0.29, 0.717) is 68.7 Å². The number of alkyl halides is 1. The number of halogens is 2. The Morgan fingerprint density at radius 2 is 1.92 bits per heavy atom. The van der Waals surface area contributed by atoms with Crippen LogP contribution in [0.5, 0.6) is 6.01 Å². The Labute approximate surface area is 289 Å². The maximum atomic E-state index is 17.1. The number of hydrogen-bond donors (Lipinski definition) is 2. The van der Waals surface area contributed by atoms with E-state index < -0.39 is 18.0 Å². The van der Waals surface area contributed by atoms with E-state index >= 15 is 4.39 Å². The summed E-state index contributed by atoms with van der Waals surface area (Å²) in [6.07, 6.45) is 9.90. The number of benzene rings is 2. The number of aromatic nitrogens is 3. The lowest BCUT2D eigenvalue weighted by Gasteiger charge is -2.31. The van der Waals surface area contributed by atoms with Crippen molar-refractivity contribution in [1.82, 2.24) is 25.2 Å². The third-order valence-corrected chi connectivity index (χ3v) is 10.2. The predicted molar refractivity (Wildman–Crippen MR) is 190 cm³/mol. The fourth-order valence-corrected chi connectivity index (χ4v) is 7.97. The van der Waals surface area contributed by atoms with E-state index in [9.17, 15) is 9.18 Å². The number of carbonyl (C=O) groups excluding carboxylic acids is 1. The minimum absolute atomic E-state index is 0.0459. The van der Waals surface area contributed by atoms with Gasteiger partial charge in [0.1, 0.15) is 23.6 Å². The standard InChI is InChI=1S/C36H39FN8O3.CH3F/c37-30-31-27-10-2-8-23-6-1-7-24(29(23)27)9-3-17-47-35(46)41-26-18-39-25(11-14-38)20-44(21-26)33-28(19-40-31)32(30)42-34(43-33)48-22-36-12-4-15-45(36)16-5-13-36;1-2/h1-2,6-8,10-11,14,19,26H,3-5,9,12-13,15-18,20-22,38H2,(H,41,46);1H3/b14-11-;. The van der Waals surface area contributed by atoms with E-state index in [0.717, 1.165) is 55.1 Å². The number of aliphatic imine (C=N–C) groups is 1. The lowest BCUT2D eigenvalue weighted by atomic mass is 9.94. The topological polar surface area (TPSA) is 131 Å². The Morgan fingerprint density at radius 1 is 1.12 bits per heavy atom. The first-order chi connectivity index (χ1) is 24.5. The number of amides is 1. The highest BCUT2D eigenvalue weighted by molar-refractivity contribution is 6.02. The zero-order valence-corrected chi connectivity index (χ0v) is 28.2. The Kier molecular flexibility index (Phi) is 9.75. The van der Waals surface area contributed by atoms with Crippen LogP contribution in [-0.4, -0.2) is 96.4 Å². The molecule has 13 heteroatoms. The molecule has 262 valence electrons. The normalized spacial score (nSPS) is 20.5. The third kappa shape index (κ3) is 6.41. The molecule has 4 aromatic rings. The molecule has 0 saturated carbocycles. The van der Waals surface area contributed by atoms with Crippen LogP contribution in [0.2, 0.25) is 0 Å². The largest absolute Gasteiger partial charge is 0.461 e. The molecule has 50 heavy (non-hydrogen) atoms. The molecule has 2 saturated heterocycles. The van der Waals surface area contributed by atoms with Crippen molar-refractivity contribution in [3.05, 3.63) is 66.3 Å². The van der Waals surface area contributed by atoms with Gasteiger partial charge in [0.25, 0.3) is 0 Å². The van der Waals surface area contributed by atoms with Gasteiger partial charge < -0.3 is 25.4 Å². The summed E-state index contributed by atoms with van der Waals surface area (Å²) < 4.78 is 38.6. The SMILES string of the molecule is CF.N/C=C\C1=NCC2CN(C1)c1nc(OCC34CCCN3CCC4)nc3c(F)c(ncc13)-c1cccc3cccc(c13)CCCOC(=O)N2. The van der Waals surface area contributed by atoms with Gasteiger partial charge in [-0.25, -0.2) is 9.18 Å². The summed E-state index contributed by atoms with van der Waals surface area (Å²) in [5, 5.41) is 5.31. The molecular weight excluding hydrogens is 642 g/mol. The van der Waals surface area contributed by atoms with Crippen LogP contribution in [0.1, 0.15) is 37.7 Å². The van der Waals surface area contributed by atoms with Crippen LogP contribution in [0.25, 0.3) is 32.9 Å². The molecule has 9 rings (SSSR count). The number of fused-ring (bicyclic) bond motifs is 7. The molecular formula is C37H42F2N8O3. The van der Waals surface area contributed by atoms with Gasteiger partial charge in [0.05, 0.1) is 49.6 Å². The summed E-state index contributed by atoms with van der Waals surface area (Å²) in [7, 11) is 0.500. The van der Waals surface area contributed by atoms with E-state index in [1.807, 2.05) is 41.3 Å². The number of ether oxygens (including phenoxy) is 2. The van der Waals surface area contributed by atoms with Crippen molar-refractivity contribution in [2.75, 3.05) is 58.0 Å². The summed E-state index contributed by atoms with van der Waals surface area (Å²) in [5.41, 5.74) is 8.47. The minimum Gasteiger partial charge on any atom is -0.461 e. The molecule has 1 atom stereocenters. The minimum atomic E-state index is -0.534. The van der Waals surface area contributed by atoms with Gasteiger partial charge in [-0.2, -0.15) is 9.97 Å². The highest BCUT2D eigenvalue weighted by Gasteiger charge is 2.45. The van der Waals surface area contributed by atoms with E-state index in [2.05, 4.69) is 10.2 Å². The number of carbonyl (C=O) groups is 1. The maximum Gasteiger partial charge on any atom is 0.407 e. The van der Waals surface area contributed by atoms with E-state index in [1.54, 1.807) is 12.3 Å². The molecule has 2 aromatic heterocycles. The van der Waals surface area contributed by atoms with Gasteiger partial charge in [-0.1, -0.05) is 36.4 Å². The Hall–Kier alpha value is -4.91. The first kappa shape index (κ1) is 33.6. The van der Waals surface area contributed by atoms with Crippen LogP contribution < -0.4 is 20.7 Å². The highest BCUT2D eigenvalue weighted by atomic mass is 19.1. The first-order valence-electron chi connectivity index (χ1n) is 17.2. The van der Waals surface area contributed by atoms with Gasteiger partial charge in [0.15, 0.2) is 5.82 Å². The van der Waals surface area contributed by atoms with Crippen molar-refractivity contribution in [2.24, 2.45) is 10.7 Å². The van der Waals surface area contributed by atoms with Crippen LogP contribution in [0, 0.1) is 5.82 Å². The molecule has 11 nitrogen and oxygen atoms in total. The highest BCUT2D eigenvalue weighted by Crippen LogP contribution is 2.40. The molecule has 0 radical (unpaired) electrons. The van der Waals surface area contributed by atoms with Gasteiger partial charge >= 0.3 is 12.1 Å². The number of nitrogens with two attached hydrogens (primary N) is 1. The zero-order valence-electron chi connectivity index (χ0n) is 28.2. The fourth-order valence-electron chi connectivity index (χ4n) is 7.97. The lowest BCUT2D eigenvalue weighted by molar-refractivity contribution is 0.108. The Morgan fingerprint density at radius 3 is 2.72 bits per heavy atom. The number of pyridine rings is 1. The van der Waals surface area contributed by atoms with Crippen molar-refractivity contribution in [1.29, 1.82) is 0 Å². The second-order valence-corrected chi connectivity index (χ2v) is 13.2. The zero-order chi connectivity index (χ0) is 34.7. The van der Waals surface area contributed by atoms with E-state index in [-0.39, 0.29) is 29.4 Å². The summed E-state index contributed by atoms with van der Waals surface area (Å²) in [4.78, 5) is 36.6. The van der Waals surface area contributed by atoms with Crippen molar-refractivity contribution in [2.45, 2.75) is 50.1 Å². The molecule has 5 aliphatic heterocycles. The average molecular weight is 685 g/mol. The smallest absolute Gasteiger partial charge is 0.407 e. The second kappa shape index (κ2) is 14.5. The molecule has 6 bridgehead atoms. The molecule has 7 heterocycles.